The number of anilines is 1. The minimum atomic E-state index is 0.663. The first-order valence-electron chi connectivity index (χ1n) is 13.9. The molecule has 0 bridgehead atoms. The Morgan fingerprint density at radius 3 is 2.45 bits per heavy atom. The number of hydrogen-bond donors (Lipinski definition) is 1. The van der Waals surface area contributed by atoms with Crippen molar-refractivity contribution in [1.29, 1.82) is 0 Å². The molecule has 1 aliphatic heterocycles. The predicted octanol–water partition coefficient (Wildman–Crippen LogP) is 8.76. The van der Waals surface area contributed by atoms with Gasteiger partial charge in [0.2, 0.25) is 0 Å². The Hall–Kier alpha value is -4.64. The quantitative estimate of drug-likeness (QED) is 0.313. The lowest BCUT2D eigenvalue weighted by Gasteiger charge is -2.16. The summed E-state index contributed by atoms with van der Waals surface area (Å²) in [5.41, 5.74) is 7.66. The van der Waals surface area contributed by atoms with E-state index in [0.717, 1.165) is 53.9 Å². The second-order valence-electron chi connectivity index (χ2n) is 9.97. The molecule has 0 unspecified atom stereocenters. The highest BCUT2D eigenvalue weighted by molar-refractivity contribution is 5.77. The van der Waals surface area contributed by atoms with Crippen LogP contribution in [-0.4, -0.2) is 21.2 Å². The molecule has 2 aliphatic rings. The summed E-state index contributed by atoms with van der Waals surface area (Å²) in [4.78, 5) is 19.6. The summed E-state index contributed by atoms with van der Waals surface area (Å²) in [5.74, 6) is 2.91. The summed E-state index contributed by atoms with van der Waals surface area (Å²) in [6.07, 6.45) is 18.5. The highest BCUT2D eigenvalue weighted by Gasteiger charge is 2.19. The van der Waals surface area contributed by atoms with E-state index in [2.05, 4.69) is 42.6 Å². The Labute approximate surface area is 237 Å². The first-order chi connectivity index (χ1) is 19.6. The maximum atomic E-state index is 4.97. The molecule has 0 radical (unpaired) electrons. The van der Waals surface area contributed by atoms with Crippen molar-refractivity contribution in [3.8, 4) is 11.4 Å². The monoisotopic (exact) mass is 525 g/mol. The van der Waals surface area contributed by atoms with Crippen LogP contribution >= 0.6 is 0 Å². The Morgan fingerprint density at radius 2 is 1.68 bits per heavy atom. The van der Waals surface area contributed by atoms with E-state index in [4.69, 9.17) is 19.9 Å². The smallest absolute Gasteiger partial charge is 0.164 e. The third kappa shape index (κ3) is 6.49. The third-order valence-corrected chi connectivity index (χ3v) is 6.93. The van der Waals surface area contributed by atoms with Crippen LogP contribution in [0.4, 0.5) is 5.69 Å². The van der Waals surface area contributed by atoms with Crippen LogP contribution in [0, 0.1) is 0 Å². The molecule has 0 spiro atoms. The van der Waals surface area contributed by atoms with E-state index in [9.17, 15) is 0 Å². The van der Waals surface area contributed by atoms with Crippen molar-refractivity contribution < 1.29 is 0 Å². The maximum absolute atomic E-state index is 4.97. The molecule has 1 aromatic heterocycles. The molecule has 40 heavy (non-hydrogen) atoms. The topological polar surface area (TPSA) is 63.1 Å². The van der Waals surface area contributed by atoms with E-state index >= 15 is 0 Å². The minimum Gasteiger partial charge on any atom is -0.340 e. The molecule has 0 amide bonds. The molecule has 1 aliphatic carbocycles. The van der Waals surface area contributed by atoms with E-state index in [1.807, 2.05) is 86.8 Å². The number of aromatic nitrogens is 3. The fourth-order valence-electron chi connectivity index (χ4n) is 4.75. The molecular weight excluding hydrogens is 490 g/mol. The molecule has 2 aromatic carbocycles. The predicted molar refractivity (Wildman–Crippen MR) is 168 cm³/mol. The molecule has 5 nitrogen and oxygen atoms in total. The average Bonchev–Trinajstić information content (AvgIpc) is 3.34. The van der Waals surface area contributed by atoms with Crippen molar-refractivity contribution in [1.82, 2.24) is 15.0 Å². The molecule has 3 aromatic rings. The van der Waals surface area contributed by atoms with E-state index < -0.39 is 0 Å². The van der Waals surface area contributed by atoms with Crippen molar-refractivity contribution >= 4 is 23.0 Å². The number of nitrogens with one attached hydrogen (secondary N) is 1. The number of rotatable bonds is 7. The summed E-state index contributed by atoms with van der Waals surface area (Å²) in [5, 5.41) is 3.58. The summed E-state index contributed by atoms with van der Waals surface area (Å²) in [6, 6.07) is 20.3. The Kier molecular flexibility index (Phi) is 8.72. The van der Waals surface area contributed by atoms with Crippen LogP contribution in [0.3, 0.4) is 0 Å². The fourth-order valence-corrected chi connectivity index (χ4v) is 4.75. The zero-order chi connectivity index (χ0) is 27.7. The molecule has 5 heteroatoms. The van der Waals surface area contributed by atoms with Gasteiger partial charge in [-0.15, -0.1) is 0 Å². The normalized spacial score (nSPS) is 16.3. The number of aliphatic imine (C=N–C) groups is 1. The molecule has 5 rings (SSSR count). The SMILES string of the molecule is C/C=C\C=C(/C)c1nc(C2=CC(C3=C(Nc4ccccc4)N=CCCC3)=C(C)CC=C2)nc(-c2ccccc2)n1. The van der Waals surface area contributed by atoms with Crippen LogP contribution in [-0.2, 0) is 0 Å². The highest BCUT2D eigenvalue weighted by atomic mass is 15.0. The lowest BCUT2D eigenvalue weighted by Crippen LogP contribution is -2.06. The average molecular weight is 526 g/mol. The first-order valence-corrected chi connectivity index (χ1v) is 13.9. The van der Waals surface area contributed by atoms with Crippen LogP contribution in [0.5, 0.6) is 0 Å². The summed E-state index contributed by atoms with van der Waals surface area (Å²) in [6.45, 7) is 6.25. The van der Waals surface area contributed by atoms with Crippen molar-refractivity contribution in [2.45, 2.75) is 46.5 Å². The Morgan fingerprint density at radius 1 is 0.925 bits per heavy atom. The molecule has 0 saturated heterocycles. The van der Waals surface area contributed by atoms with Crippen LogP contribution in [0.15, 0.2) is 125 Å². The van der Waals surface area contributed by atoms with E-state index in [-0.39, 0.29) is 0 Å². The van der Waals surface area contributed by atoms with Gasteiger partial charge in [-0.1, -0.05) is 84.5 Å². The standard InChI is InChI=1S/C35H35N5/c1-4-5-15-26(3)32-38-33(27-17-8-6-9-18-27)40-34(39-32)28-19-14-16-25(2)31(24-28)30-22-12-13-23-36-35(30)37-29-20-10-7-11-21-29/h4-11,14-15,17-21,23-24,37H,12-13,16,22H2,1-3H3/b5-4-,26-15+. The Balaban J connectivity index is 1.64. The Bertz CT molecular complexity index is 1570. The zero-order valence-electron chi connectivity index (χ0n) is 23.4. The third-order valence-electron chi connectivity index (χ3n) is 6.93. The van der Waals surface area contributed by atoms with E-state index in [0.29, 0.717) is 17.5 Å². The number of allylic oxidation sites excluding steroid dienone is 11. The van der Waals surface area contributed by atoms with Gasteiger partial charge in [0.15, 0.2) is 17.5 Å². The molecule has 1 N–H and O–H groups in total. The van der Waals surface area contributed by atoms with Gasteiger partial charge in [-0.25, -0.2) is 19.9 Å². The van der Waals surface area contributed by atoms with Crippen LogP contribution in [0.2, 0.25) is 0 Å². The molecule has 0 fully saturated rings. The minimum absolute atomic E-state index is 0.663. The van der Waals surface area contributed by atoms with Crippen LogP contribution in [0.25, 0.3) is 22.5 Å². The first kappa shape index (κ1) is 26.9. The second kappa shape index (κ2) is 12.9. The van der Waals surface area contributed by atoms with Gasteiger partial charge in [0.1, 0.15) is 5.82 Å². The van der Waals surface area contributed by atoms with Gasteiger partial charge in [-0.05, 0) is 75.8 Å². The summed E-state index contributed by atoms with van der Waals surface area (Å²) >= 11 is 0. The van der Waals surface area contributed by atoms with Gasteiger partial charge < -0.3 is 5.32 Å². The molecule has 2 heterocycles. The molecule has 0 atom stereocenters. The van der Waals surface area contributed by atoms with Crippen LogP contribution < -0.4 is 5.32 Å². The highest BCUT2D eigenvalue weighted by Crippen LogP contribution is 2.34. The maximum Gasteiger partial charge on any atom is 0.164 e. The number of nitrogens with zero attached hydrogens (tertiary/aromatic N) is 4. The number of benzene rings is 2. The van der Waals surface area contributed by atoms with Crippen LogP contribution in [0.1, 0.15) is 58.1 Å². The van der Waals surface area contributed by atoms with E-state index in [1.165, 1.54) is 16.7 Å². The van der Waals surface area contributed by atoms with Gasteiger partial charge in [0, 0.05) is 28.6 Å². The molecule has 200 valence electrons. The summed E-state index contributed by atoms with van der Waals surface area (Å²) < 4.78 is 0. The van der Waals surface area contributed by atoms with Gasteiger partial charge in [0.25, 0.3) is 0 Å². The number of hydrogen-bond acceptors (Lipinski definition) is 5. The molecular formula is C35H35N5. The fraction of sp³-hybridized carbons (Fsp3) is 0.200. The summed E-state index contributed by atoms with van der Waals surface area (Å²) in [7, 11) is 0. The number of para-hydroxylation sites is 1. The zero-order valence-corrected chi connectivity index (χ0v) is 23.4. The van der Waals surface area contributed by atoms with Crippen molar-refractivity contribution in [2.24, 2.45) is 4.99 Å². The van der Waals surface area contributed by atoms with Gasteiger partial charge in [0.05, 0.1) is 0 Å². The lowest BCUT2D eigenvalue weighted by atomic mass is 9.94. The van der Waals surface area contributed by atoms with Gasteiger partial charge >= 0.3 is 0 Å². The van der Waals surface area contributed by atoms with E-state index in [1.54, 1.807) is 0 Å². The second-order valence-corrected chi connectivity index (χ2v) is 9.97. The van der Waals surface area contributed by atoms with Crippen molar-refractivity contribution in [3.05, 3.63) is 131 Å². The molecule has 0 saturated carbocycles. The van der Waals surface area contributed by atoms with Gasteiger partial charge in [-0.2, -0.15) is 0 Å². The van der Waals surface area contributed by atoms with Crippen molar-refractivity contribution in [2.75, 3.05) is 5.32 Å². The lowest BCUT2D eigenvalue weighted by molar-refractivity contribution is 0.870. The van der Waals surface area contributed by atoms with Gasteiger partial charge in [-0.3, -0.25) is 0 Å². The largest absolute Gasteiger partial charge is 0.340 e. The van der Waals surface area contributed by atoms with Crippen molar-refractivity contribution in [3.63, 3.8) is 0 Å².